The van der Waals surface area contributed by atoms with Crippen molar-refractivity contribution in [2.75, 3.05) is 11.1 Å². The van der Waals surface area contributed by atoms with Gasteiger partial charge in [0.25, 0.3) is 5.88 Å². The van der Waals surface area contributed by atoms with E-state index in [0.717, 1.165) is 0 Å². The molecule has 0 spiro atoms. The van der Waals surface area contributed by atoms with Gasteiger partial charge in [-0.05, 0) is 41.5 Å². The molecule has 1 aliphatic heterocycles. The van der Waals surface area contributed by atoms with Crippen molar-refractivity contribution in [3.63, 3.8) is 0 Å². The van der Waals surface area contributed by atoms with E-state index in [1.54, 1.807) is 24.3 Å². The summed E-state index contributed by atoms with van der Waals surface area (Å²) in [5, 5.41) is 10.8. The molecule has 0 radical (unpaired) electrons. The van der Waals surface area contributed by atoms with E-state index in [2.05, 4.69) is 25.6 Å². The van der Waals surface area contributed by atoms with Crippen LogP contribution in [0.3, 0.4) is 0 Å². The number of anilines is 2. The van der Waals surface area contributed by atoms with Gasteiger partial charge in [-0.25, -0.2) is 4.39 Å². The predicted molar refractivity (Wildman–Crippen MR) is 101 cm³/mol. The van der Waals surface area contributed by atoms with Gasteiger partial charge in [-0.1, -0.05) is 29.1 Å². The number of para-hydroxylation sites is 1. The number of halogens is 1. The number of benzene rings is 2. The van der Waals surface area contributed by atoms with Crippen LogP contribution in [0.2, 0.25) is 0 Å². The Labute approximate surface area is 163 Å². The van der Waals surface area contributed by atoms with Crippen LogP contribution in [0.5, 0.6) is 5.88 Å². The summed E-state index contributed by atoms with van der Waals surface area (Å²) in [5.74, 6) is -0.799. The van der Waals surface area contributed by atoms with Crippen molar-refractivity contribution in [2.24, 2.45) is 0 Å². The van der Waals surface area contributed by atoms with E-state index < -0.39 is 5.92 Å². The molecule has 2 aromatic carbocycles. The van der Waals surface area contributed by atoms with Crippen LogP contribution in [-0.4, -0.2) is 31.0 Å². The van der Waals surface area contributed by atoms with Gasteiger partial charge in [0.05, 0.1) is 11.5 Å². The van der Waals surface area contributed by atoms with Crippen molar-refractivity contribution in [1.29, 1.82) is 0 Å². The van der Waals surface area contributed by atoms with E-state index in [9.17, 15) is 9.18 Å². The Morgan fingerprint density at radius 3 is 2.76 bits per heavy atom. The lowest BCUT2D eigenvalue weighted by Gasteiger charge is -2.25. The number of rotatable bonds is 3. The molecule has 0 fully saturated rings. The molecule has 9 nitrogen and oxygen atoms in total. The summed E-state index contributed by atoms with van der Waals surface area (Å²) in [4.78, 5) is 28.0. The first-order valence-corrected chi connectivity index (χ1v) is 8.80. The van der Waals surface area contributed by atoms with Gasteiger partial charge in [0, 0.05) is 0 Å². The third-order valence-corrected chi connectivity index (χ3v) is 4.72. The van der Waals surface area contributed by atoms with E-state index in [0.29, 0.717) is 22.2 Å². The summed E-state index contributed by atoms with van der Waals surface area (Å²) in [5.41, 5.74) is 8.32. The first kappa shape index (κ1) is 17.0. The van der Waals surface area contributed by atoms with Gasteiger partial charge in [0.1, 0.15) is 22.7 Å². The molecule has 1 atom stereocenters. The van der Waals surface area contributed by atoms with Crippen molar-refractivity contribution >= 4 is 28.7 Å². The SMILES string of the molecule is Nc1nc2c(c(On3nnc4ccccc43)n1)CC(c1ccc(F)cc1)C(=O)N2. The first-order chi connectivity index (χ1) is 14.1. The van der Waals surface area contributed by atoms with Crippen LogP contribution < -0.4 is 15.9 Å². The number of hydrogen-bond acceptors (Lipinski definition) is 7. The Kier molecular flexibility index (Phi) is 3.83. The van der Waals surface area contributed by atoms with Gasteiger partial charge in [0.2, 0.25) is 11.9 Å². The molecule has 10 heteroatoms. The van der Waals surface area contributed by atoms with Crippen LogP contribution in [0.1, 0.15) is 17.0 Å². The number of nitrogen functional groups attached to an aromatic ring is 1. The molecule has 1 amide bonds. The third-order valence-electron chi connectivity index (χ3n) is 4.72. The number of nitrogens with two attached hydrogens (primary N) is 1. The number of carbonyl (C=O) groups is 1. The fourth-order valence-electron chi connectivity index (χ4n) is 3.30. The van der Waals surface area contributed by atoms with Gasteiger partial charge in [-0.3, -0.25) is 4.79 Å². The highest BCUT2D eigenvalue weighted by atomic mass is 19.1. The van der Waals surface area contributed by atoms with Crippen molar-refractivity contribution in [1.82, 2.24) is 25.1 Å². The summed E-state index contributed by atoms with van der Waals surface area (Å²) in [7, 11) is 0. The lowest BCUT2D eigenvalue weighted by Crippen LogP contribution is -2.30. The van der Waals surface area contributed by atoms with Crippen LogP contribution in [0.4, 0.5) is 16.2 Å². The zero-order valence-electron chi connectivity index (χ0n) is 14.9. The van der Waals surface area contributed by atoms with Crippen LogP contribution in [0.15, 0.2) is 48.5 Å². The van der Waals surface area contributed by atoms with Crippen molar-refractivity contribution < 1.29 is 14.0 Å². The van der Waals surface area contributed by atoms with Crippen molar-refractivity contribution in [3.05, 3.63) is 65.5 Å². The Morgan fingerprint density at radius 2 is 1.93 bits per heavy atom. The summed E-state index contributed by atoms with van der Waals surface area (Å²) >= 11 is 0. The Hall–Kier alpha value is -4.08. The van der Waals surface area contributed by atoms with Crippen LogP contribution >= 0.6 is 0 Å². The second-order valence-electron chi connectivity index (χ2n) is 6.55. The topological polar surface area (TPSA) is 121 Å². The van der Waals surface area contributed by atoms with Crippen molar-refractivity contribution in [3.8, 4) is 5.88 Å². The zero-order valence-corrected chi connectivity index (χ0v) is 14.9. The van der Waals surface area contributed by atoms with E-state index in [-0.39, 0.29) is 35.8 Å². The Balaban J connectivity index is 1.55. The molecule has 29 heavy (non-hydrogen) atoms. The minimum Gasteiger partial charge on any atom is -0.368 e. The molecular formula is C19H14FN7O2. The third kappa shape index (κ3) is 3.00. The van der Waals surface area contributed by atoms with E-state index in [1.165, 1.54) is 17.0 Å². The van der Waals surface area contributed by atoms with E-state index in [1.807, 2.05) is 12.1 Å². The lowest BCUT2D eigenvalue weighted by atomic mass is 9.89. The number of hydrogen-bond donors (Lipinski definition) is 2. The second kappa shape index (κ2) is 6.51. The van der Waals surface area contributed by atoms with Gasteiger partial charge in [-0.2, -0.15) is 9.97 Å². The molecule has 3 heterocycles. The zero-order chi connectivity index (χ0) is 20.0. The van der Waals surface area contributed by atoms with Crippen molar-refractivity contribution in [2.45, 2.75) is 12.3 Å². The molecule has 1 unspecified atom stereocenters. The smallest absolute Gasteiger partial charge is 0.258 e. The molecule has 1 aliphatic rings. The fourth-order valence-corrected chi connectivity index (χ4v) is 3.30. The van der Waals surface area contributed by atoms with E-state index in [4.69, 9.17) is 10.6 Å². The molecule has 4 aromatic rings. The average molecular weight is 391 g/mol. The highest BCUT2D eigenvalue weighted by Gasteiger charge is 2.32. The van der Waals surface area contributed by atoms with Crippen LogP contribution in [0.25, 0.3) is 11.0 Å². The Bertz CT molecular complexity index is 1240. The molecule has 0 saturated heterocycles. The maximum atomic E-state index is 13.3. The van der Waals surface area contributed by atoms with Gasteiger partial charge in [-0.15, -0.1) is 5.10 Å². The van der Waals surface area contributed by atoms with Crippen LogP contribution in [-0.2, 0) is 11.2 Å². The quantitative estimate of drug-likeness (QED) is 0.548. The Morgan fingerprint density at radius 1 is 1.14 bits per heavy atom. The number of fused-ring (bicyclic) bond motifs is 2. The maximum Gasteiger partial charge on any atom is 0.258 e. The first-order valence-electron chi connectivity index (χ1n) is 8.80. The average Bonchev–Trinajstić information content (AvgIpc) is 3.11. The summed E-state index contributed by atoms with van der Waals surface area (Å²) in [6.45, 7) is 0. The largest absolute Gasteiger partial charge is 0.368 e. The molecule has 0 bridgehead atoms. The normalized spacial score (nSPS) is 15.8. The van der Waals surface area contributed by atoms with Gasteiger partial charge in [0.15, 0.2) is 0 Å². The molecule has 5 rings (SSSR count). The number of nitrogens with zero attached hydrogens (tertiary/aromatic N) is 5. The molecule has 0 saturated carbocycles. The number of carbonyl (C=O) groups excluding carboxylic acids is 1. The molecule has 0 aliphatic carbocycles. The number of amides is 1. The monoisotopic (exact) mass is 391 g/mol. The minimum absolute atomic E-state index is 0.0521. The minimum atomic E-state index is -0.551. The molecule has 2 aromatic heterocycles. The highest BCUT2D eigenvalue weighted by Crippen LogP contribution is 2.35. The van der Waals surface area contributed by atoms with Gasteiger partial charge >= 0.3 is 0 Å². The molecule has 3 N–H and O–H groups in total. The lowest BCUT2D eigenvalue weighted by molar-refractivity contribution is -0.117. The maximum absolute atomic E-state index is 13.3. The number of aromatic nitrogens is 5. The summed E-state index contributed by atoms with van der Waals surface area (Å²) in [6.07, 6.45) is 0.259. The van der Waals surface area contributed by atoms with E-state index >= 15 is 0 Å². The standard InChI is InChI=1S/C19H14FN7O2/c20-11-7-5-10(6-8-11)12-9-13-16(22-17(12)28)23-19(21)24-18(13)29-27-15-4-2-1-3-14(15)25-26-27/h1-8,12H,9H2,(H3,21,22,23,24,28). The molecule has 144 valence electrons. The summed E-state index contributed by atoms with van der Waals surface area (Å²) < 4.78 is 13.3. The second-order valence-corrected chi connectivity index (χ2v) is 6.55. The fraction of sp³-hybridized carbons (Fsp3) is 0.105. The highest BCUT2D eigenvalue weighted by molar-refractivity contribution is 5.98. The van der Waals surface area contributed by atoms with Crippen LogP contribution in [0, 0.1) is 5.82 Å². The summed E-state index contributed by atoms with van der Waals surface area (Å²) in [6, 6.07) is 13.1. The van der Waals surface area contributed by atoms with Gasteiger partial charge < -0.3 is 15.9 Å². The number of nitrogens with one attached hydrogen (secondary N) is 1. The predicted octanol–water partition coefficient (Wildman–Crippen LogP) is 2.06. The molecular weight excluding hydrogens is 377 g/mol.